The van der Waals surface area contributed by atoms with Crippen LogP contribution in [0, 0.1) is 17.3 Å². The second-order valence-corrected chi connectivity index (χ2v) is 6.86. The van der Waals surface area contributed by atoms with Crippen molar-refractivity contribution in [1.82, 2.24) is 10.6 Å². The predicted octanol–water partition coefficient (Wildman–Crippen LogP) is 2.61. The molecule has 5 nitrogen and oxygen atoms in total. The van der Waals surface area contributed by atoms with Crippen LogP contribution in [0.4, 0.5) is 4.79 Å². The van der Waals surface area contributed by atoms with E-state index in [1.807, 2.05) is 0 Å². The van der Waals surface area contributed by atoms with Gasteiger partial charge < -0.3 is 15.7 Å². The fourth-order valence-electron chi connectivity index (χ4n) is 2.23. The molecule has 2 amide bonds. The molecule has 0 aromatic rings. The fourth-order valence-corrected chi connectivity index (χ4v) is 2.23. The van der Waals surface area contributed by atoms with Crippen molar-refractivity contribution in [3.8, 4) is 0 Å². The zero-order valence-corrected chi connectivity index (χ0v) is 13.0. The molecular weight excluding hydrogens is 256 g/mol. The average Bonchev–Trinajstić information content (AvgIpc) is 2.37. The summed E-state index contributed by atoms with van der Waals surface area (Å²) in [6, 6.07) is -0.0368. The Morgan fingerprint density at radius 1 is 1.20 bits per heavy atom. The number of amides is 2. The maximum Gasteiger partial charge on any atom is 0.315 e. The summed E-state index contributed by atoms with van der Waals surface area (Å²) in [7, 11) is 0. The monoisotopic (exact) mass is 284 g/mol. The van der Waals surface area contributed by atoms with Crippen molar-refractivity contribution < 1.29 is 14.7 Å². The predicted molar refractivity (Wildman–Crippen MR) is 78.5 cm³/mol. The summed E-state index contributed by atoms with van der Waals surface area (Å²) in [6.07, 6.45) is 2.80. The van der Waals surface area contributed by atoms with Gasteiger partial charge in [-0.3, -0.25) is 4.79 Å². The maximum absolute atomic E-state index is 11.9. The number of carbonyl (C=O) groups excluding carboxylic acids is 1. The van der Waals surface area contributed by atoms with Crippen LogP contribution < -0.4 is 10.6 Å². The number of urea groups is 1. The number of hydrogen-bond acceptors (Lipinski definition) is 2. The van der Waals surface area contributed by atoms with Crippen molar-refractivity contribution >= 4 is 12.0 Å². The molecule has 3 N–H and O–H groups in total. The molecule has 1 saturated carbocycles. The van der Waals surface area contributed by atoms with Crippen LogP contribution >= 0.6 is 0 Å². The van der Waals surface area contributed by atoms with E-state index in [9.17, 15) is 9.59 Å². The lowest BCUT2D eigenvalue weighted by atomic mass is 9.81. The number of nitrogens with one attached hydrogen (secondary N) is 2. The number of hydrogen-bond donors (Lipinski definition) is 3. The van der Waals surface area contributed by atoms with Crippen LogP contribution in [0.1, 0.15) is 53.4 Å². The summed E-state index contributed by atoms with van der Waals surface area (Å²) in [5, 5.41) is 14.8. The van der Waals surface area contributed by atoms with Gasteiger partial charge in [-0.25, -0.2) is 4.79 Å². The molecule has 1 fully saturated rings. The summed E-state index contributed by atoms with van der Waals surface area (Å²) < 4.78 is 0. The Hall–Kier alpha value is -1.26. The minimum atomic E-state index is -0.716. The van der Waals surface area contributed by atoms with Gasteiger partial charge in [-0.05, 0) is 37.0 Å². The van der Waals surface area contributed by atoms with E-state index < -0.39 is 5.97 Å². The van der Waals surface area contributed by atoms with E-state index in [4.69, 9.17) is 5.11 Å². The Labute approximate surface area is 121 Å². The highest BCUT2D eigenvalue weighted by Crippen LogP contribution is 2.25. The Kier molecular flexibility index (Phi) is 5.84. The smallest absolute Gasteiger partial charge is 0.315 e. The lowest BCUT2D eigenvalue weighted by Crippen LogP contribution is -2.47. The van der Waals surface area contributed by atoms with Gasteiger partial charge in [-0.15, -0.1) is 0 Å². The van der Waals surface area contributed by atoms with Gasteiger partial charge in [0.1, 0.15) is 0 Å². The molecule has 0 radical (unpaired) electrons. The van der Waals surface area contributed by atoms with Crippen molar-refractivity contribution in [2.24, 2.45) is 17.3 Å². The van der Waals surface area contributed by atoms with Gasteiger partial charge in [0, 0.05) is 12.6 Å². The molecule has 0 unspecified atom stereocenters. The van der Waals surface area contributed by atoms with Crippen LogP contribution in [-0.2, 0) is 4.79 Å². The van der Waals surface area contributed by atoms with Crippen molar-refractivity contribution in [1.29, 1.82) is 0 Å². The van der Waals surface area contributed by atoms with Crippen LogP contribution in [0.2, 0.25) is 0 Å². The third-order valence-corrected chi connectivity index (χ3v) is 4.68. The van der Waals surface area contributed by atoms with E-state index in [1.54, 1.807) is 0 Å². The van der Waals surface area contributed by atoms with Crippen LogP contribution in [0.25, 0.3) is 0 Å². The minimum absolute atomic E-state index is 0.0678. The summed E-state index contributed by atoms with van der Waals surface area (Å²) in [5.41, 5.74) is 0.0678. The summed E-state index contributed by atoms with van der Waals surface area (Å²) in [6.45, 7) is 9.20. The topological polar surface area (TPSA) is 78.4 Å². The van der Waals surface area contributed by atoms with Crippen LogP contribution in [0.15, 0.2) is 0 Å². The number of aliphatic carboxylic acids is 1. The second-order valence-electron chi connectivity index (χ2n) is 6.86. The molecule has 1 aliphatic rings. The first kappa shape index (κ1) is 16.8. The molecular formula is C15H28N2O3. The molecule has 0 heterocycles. The first-order valence-corrected chi connectivity index (χ1v) is 7.49. The van der Waals surface area contributed by atoms with E-state index in [0.29, 0.717) is 25.3 Å². The molecule has 0 spiro atoms. The molecule has 1 rings (SSSR count). The lowest BCUT2D eigenvalue weighted by Gasteiger charge is -2.31. The Bertz CT molecular complexity index is 345. The van der Waals surface area contributed by atoms with Gasteiger partial charge in [0.15, 0.2) is 0 Å². The molecule has 0 atom stereocenters. The second kappa shape index (κ2) is 6.95. The third-order valence-electron chi connectivity index (χ3n) is 4.68. The van der Waals surface area contributed by atoms with E-state index in [1.165, 1.54) is 0 Å². The standard InChI is InChI=1S/C15H28N2O3/c1-10(2)15(3,4)9-16-14(20)17-12-7-5-11(6-8-12)13(18)19/h10-12H,5-9H2,1-4H3,(H,18,19)(H2,16,17,20). The van der Waals surface area contributed by atoms with Crippen LogP contribution in [0.3, 0.4) is 0 Å². The highest BCUT2D eigenvalue weighted by Gasteiger charge is 2.27. The van der Waals surface area contributed by atoms with Crippen LogP contribution in [0.5, 0.6) is 0 Å². The molecule has 0 saturated heterocycles. The first-order chi connectivity index (χ1) is 9.22. The normalized spacial score (nSPS) is 23.4. The van der Waals surface area contributed by atoms with Crippen molar-refractivity contribution in [3.05, 3.63) is 0 Å². The molecule has 0 aromatic heterocycles. The maximum atomic E-state index is 11.9. The van der Waals surface area contributed by atoms with E-state index in [0.717, 1.165) is 12.8 Å². The van der Waals surface area contributed by atoms with E-state index in [-0.39, 0.29) is 23.4 Å². The Morgan fingerprint density at radius 2 is 1.75 bits per heavy atom. The number of carboxylic acid groups (broad SMARTS) is 1. The molecule has 116 valence electrons. The summed E-state index contributed by atoms with van der Waals surface area (Å²) >= 11 is 0. The summed E-state index contributed by atoms with van der Waals surface area (Å²) in [5.74, 6) is -0.462. The first-order valence-electron chi connectivity index (χ1n) is 7.49. The lowest BCUT2D eigenvalue weighted by molar-refractivity contribution is -0.142. The molecule has 0 aromatic carbocycles. The van der Waals surface area contributed by atoms with Crippen molar-refractivity contribution in [3.63, 3.8) is 0 Å². The zero-order valence-electron chi connectivity index (χ0n) is 13.0. The third kappa shape index (κ3) is 5.02. The number of carbonyl (C=O) groups is 2. The van der Waals surface area contributed by atoms with Crippen molar-refractivity contribution in [2.45, 2.75) is 59.4 Å². The number of carboxylic acids is 1. The van der Waals surface area contributed by atoms with Crippen molar-refractivity contribution in [2.75, 3.05) is 6.54 Å². The molecule has 0 bridgehead atoms. The van der Waals surface area contributed by atoms with Crippen LogP contribution in [-0.4, -0.2) is 29.7 Å². The molecule has 0 aliphatic heterocycles. The molecule has 5 heteroatoms. The largest absolute Gasteiger partial charge is 0.481 e. The van der Waals surface area contributed by atoms with Gasteiger partial charge in [0.05, 0.1) is 5.92 Å². The minimum Gasteiger partial charge on any atom is -0.481 e. The van der Waals surface area contributed by atoms with Gasteiger partial charge in [-0.1, -0.05) is 27.7 Å². The van der Waals surface area contributed by atoms with Gasteiger partial charge in [-0.2, -0.15) is 0 Å². The van der Waals surface area contributed by atoms with Gasteiger partial charge >= 0.3 is 12.0 Å². The highest BCUT2D eigenvalue weighted by molar-refractivity contribution is 5.74. The van der Waals surface area contributed by atoms with Gasteiger partial charge in [0.25, 0.3) is 0 Å². The van der Waals surface area contributed by atoms with E-state index >= 15 is 0 Å². The average molecular weight is 284 g/mol. The quantitative estimate of drug-likeness (QED) is 0.726. The highest BCUT2D eigenvalue weighted by atomic mass is 16.4. The summed E-state index contributed by atoms with van der Waals surface area (Å²) in [4.78, 5) is 22.7. The SMILES string of the molecule is CC(C)C(C)(C)CNC(=O)NC1CCC(C(=O)O)CC1. The zero-order chi connectivity index (χ0) is 15.3. The number of rotatable bonds is 5. The van der Waals surface area contributed by atoms with Gasteiger partial charge in [0.2, 0.25) is 0 Å². The Morgan fingerprint density at radius 3 is 2.20 bits per heavy atom. The molecule has 20 heavy (non-hydrogen) atoms. The van der Waals surface area contributed by atoms with E-state index in [2.05, 4.69) is 38.3 Å². The Balaban J connectivity index is 2.29. The fraction of sp³-hybridized carbons (Fsp3) is 0.867. The molecule has 1 aliphatic carbocycles.